The smallest absolute Gasteiger partial charge is 0.316 e. The third kappa shape index (κ3) is 3.79. The van der Waals surface area contributed by atoms with Crippen LogP contribution in [0.2, 0.25) is 0 Å². The SMILES string of the molecule is Cl.FC(F)(F)CCN1CCC2CNCC2C1. The Kier molecular flexibility index (Phi) is 4.88. The summed E-state index contributed by atoms with van der Waals surface area (Å²) in [6.45, 7) is 3.88. The van der Waals surface area contributed by atoms with Crippen LogP contribution in [0, 0.1) is 11.8 Å². The molecule has 0 saturated carbocycles. The predicted molar refractivity (Wildman–Crippen MR) is 58.8 cm³/mol. The van der Waals surface area contributed by atoms with Crippen molar-refractivity contribution in [2.75, 3.05) is 32.7 Å². The van der Waals surface area contributed by atoms with E-state index in [1.54, 1.807) is 0 Å². The van der Waals surface area contributed by atoms with Gasteiger partial charge in [0.1, 0.15) is 0 Å². The number of rotatable bonds is 2. The topological polar surface area (TPSA) is 15.3 Å². The van der Waals surface area contributed by atoms with E-state index in [4.69, 9.17) is 0 Å². The van der Waals surface area contributed by atoms with Crippen molar-refractivity contribution in [2.24, 2.45) is 11.8 Å². The zero-order valence-corrected chi connectivity index (χ0v) is 9.91. The Hall–Kier alpha value is -0.0000000000000000416. The number of alkyl halides is 3. The Balaban J connectivity index is 0.00000128. The molecule has 0 aliphatic carbocycles. The van der Waals surface area contributed by atoms with Crippen LogP contribution < -0.4 is 5.32 Å². The van der Waals surface area contributed by atoms with Crippen molar-refractivity contribution in [3.63, 3.8) is 0 Å². The molecule has 0 radical (unpaired) electrons. The van der Waals surface area contributed by atoms with E-state index in [1.807, 2.05) is 4.90 Å². The van der Waals surface area contributed by atoms with E-state index in [9.17, 15) is 13.2 Å². The second-order valence-electron chi connectivity index (χ2n) is 4.63. The highest BCUT2D eigenvalue weighted by Gasteiger charge is 2.34. The van der Waals surface area contributed by atoms with Gasteiger partial charge in [-0.15, -0.1) is 12.4 Å². The molecule has 0 spiro atoms. The van der Waals surface area contributed by atoms with Crippen LogP contribution in [0.15, 0.2) is 0 Å². The zero-order valence-electron chi connectivity index (χ0n) is 9.09. The molecule has 0 aromatic heterocycles. The van der Waals surface area contributed by atoms with Crippen LogP contribution in [0.5, 0.6) is 0 Å². The molecule has 2 fully saturated rings. The molecule has 0 aromatic rings. The molecule has 2 saturated heterocycles. The van der Waals surface area contributed by atoms with Gasteiger partial charge in [-0.25, -0.2) is 0 Å². The summed E-state index contributed by atoms with van der Waals surface area (Å²) >= 11 is 0. The van der Waals surface area contributed by atoms with Crippen molar-refractivity contribution in [2.45, 2.75) is 19.0 Å². The third-order valence-corrected chi connectivity index (χ3v) is 3.50. The number of nitrogens with one attached hydrogen (secondary N) is 1. The lowest BCUT2D eigenvalue weighted by atomic mass is 9.89. The predicted octanol–water partition coefficient (Wildman–Crippen LogP) is 1.90. The van der Waals surface area contributed by atoms with Gasteiger partial charge in [-0.2, -0.15) is 13.2 Å². The molecule has 2 heterocycles. The molecule has 0 amide bonds. The molecular formula is C10H18ClF3N2. The second kappa shape index (κ2) is 5.56. The molecule has 2 rings (SSSR count). The van der Waals surface area contributed by atoms with E-state index in [0.29, 0.717) is 11.8 Å². The van der Waals surface area contributed by atoms with Gasteiger partial charge >= 0.3 is 6.18 Å². The Morgan fingerprint density at radius 1 is 1.19 bits per heavy atom. The molecule has 2 aliphatic rings. The first kappa shape index (κ1) is 14.1. The Morgan fingerprint density at radius 2 is 1.88 bits per heavy atom. The van der Waals surface area contributed by atoms with E-state index in [0.717, 1.165) is 32.6 Å². The van der Waals surface area contributed by atoms with Gasteiger partial charge < -0.3 is 10.2 Å². The number of fused-ring (bicyclic) bond motifs is 1. The van der Waals surface area contributed by atoms with Crippen LogP contribution in [0.3, 0.4) is 0 Å². The summed E-state index contributed by atoms with van der Waals surface area (Å²) in [4.78, 5) is 1.96. The van der Waals surface area contributed by atoms with Gasteiger partial charge in [0, 0.05) is 13.1 Å². The minimum Gasteiger partial charge on any atom is -0.316 e. The Bertz CT molecular complexity index is 223. The van der Waals surface area contributed by atoms with Crippen molar-refractivity contribution >= 4 is 12.4 Å². The lowest BCUT2D eigenvalue weighted by Crippen LogP contribution is -2.41. The van der Waals surface area contributed by atoms with Crippen molar-refractivity contribution in [3.05, 3.63) is 0 Å². The fourth-order valence-corrected chi connectivity index (χ4v) is 2.60. The summed E-state index contributed by atoms with van der Waals surface area (Å²) in [6.07, 6.45) is -3.63. The fraction of sp³-hybridized carbons (Fsp3) is 1.00. The summed E-state index contributed by atoms with van der Waals surface area (Å²) < 4.78 is 36.1. The van der Waals surface area contributed by atoms with Gasteiger partial charge in [0.15, 0.2) is 0 Å². The first-order valence-corrected chi connectivity index (χ1v) is 5.54. The van der Waals surface area contributed by atoms with Gasteiger partial charge in [0.05, 0.1) is 6.42 Å². The van der Waals surface area contributed by atoms with Crippen LogP contribution in [-0.2, 0) is 0 Å². The highest BCUT2D eigenvalue weighted by atomic mass is 35.5. The van der Waals surface area contributed by atoms with Crippen LogP contribution in [0.1, 0.15) is 12.8 Å². The molecule has 0 bridgehead atoms. The average molecular weight is 259 g/mol. The highest BCUT2D eigenvalue weighted by Crippen LogP contribution is 2.27. The highest BCUT2D eigenvalue weighted by molar-refractivity contribution is 5.85. The number of hydrogen-bond acceptors (Lipinski definition) is 2. The number of likely N-dealkylation sites (tertiary alicyclic amines) is 1. The maximum atomic E-state index is 12.0. The van der Waals surface area contributed by atoms with Crippen molar-refractivity contribution in [1.82, 2.24) is 10.2 Å². The lowest BCUT2D eigenvalue weighted by molar-refractivity contribution is -0.139. The van der Waals surface area contributed by atoms with E-state index >= 15 is 0 Å². The largest absolute Gasteiger partial charge is 0.390 e. The normalized spacial score (nSPS) is 30.9. The second-order valence-corrected chi connectivity index (χ2v) is 4.63. The van der Waals surface area contributed by atoms with Crippen molar-refractivity contribution in [1.29, 1.82) is 0 Å². The molecule has 2 unspecified atom stereocenters. The van der Waals surface area contributed by atoms with Crippen LogP contribution in [0.4, 0.5) is 13.2 Å². The molecule has 96 valence electrons. The van der Waals surface area contributed by atoms with E-state index in [1.165, 1.54) is 0 Å². The van der Waals surface area contributed by atoms with Crippen LogP contribution in [0.25, 0.3) is 0 Å². The number of halogens is 4. The maximum Gasteiger partial charge on any atom is 0.390 e. The number of hydrogen-bond donors (Lipinski definition) is 1. The summed E-state index contributed by atoms with van der Waals surface area (Å²) in [5.41, 5.74) is 0. The maximum absolute atomic E-state index is 12.0. The number of nitrogens with zero attached hydrogens (tertiary/aromatic N) is 1. The Labute approximate surface area is 100.0 Å². The average Bonchev–Trinajstić information content (AvgIpc) is 2.60. The molecule has 1 N–H and O–H groups in total. The van der Waals surface area contributed by atoms with Gasteiger partial charge in [0.2, 0.25) is 0 Å². The van der Waals surface area contributed by atoms with E-state index in [-0.39, 0.29) is 19.0 Å². The monoisotopic (exact) mass is 258 g/mol. The van der Waals surface area contributed by atoms with Crippen LogP contribution in [-0.4, -0.2) is 43.8 Å². The van der Waals surface area contributed by atoms with E-state index in [2.05, 4.69) is 5.32 Å². The number of piperidine rings is 1. The Morgan fingerprint density at radius 3 is 2.56 bits per heavy atom. The first-order valence-electron chi connectivity index (χ1n) is 5.54. The van der Waals surface area contributed by atoms with Gasteiger partial charge in [0.25, 0.3) is 0 Å². The summed E-state index contributed by atoms with van der Waals surface area (Å²) in [5.74, 6) is 1.28. The lowest BCUT2D eigenvalue weighted by Gasteiger charge is -2.34. The molecular weight excluding hydrogens is 241 g/mol. The molecule has 2 nitrogen and oxygen atoms in total. The van der Waals surface area contributed by atoms with Gasteiger partial charge in [-0.3, -0.25) is 0 Å². The molecule has 2 aliphatic heterocycles. The first-order chi connectivity index (χ1) is 7.04. The summed E-state index contributed by atoms with van der Waals surface area (Å²) in [5, 5.41) is 3.31. The quantitative estimate of drug-likeness (QED) is 0.814. The molecule has 6 heteroatoms. The fourth-order valence-electron chi connectivity index (χ4n) is 2.60. The van der Waals surface area contributed by atoms with Crippen LogP contribution >= 0.6 is 12.4 Å². The van der Waals surface area contributed by atoms with Crippen molar-refractivity contribution in [3.8, 4) is 0 Å². The summed E-state index contributed by atoms with van der Waals surface area (Å²) in [6, 6.07) is 0. The third-order valence-electron chi connectivity index (χ3n) is 3.50. The molecule has 0 aromatic carbocycles. The minimum atomic E-state index is -4.01. The van der Waals surface area contributed by atoms with Crippen molar-refractivity contribution < 1.29 is 13.2 Å². The van der Waals surface area contributed by atoms with Gasteiger partial charge in [-0.05, 0) is 37.9 Å². The molecule has 2 atom stereocenters. The summed E-state index contributed by atoms with van der Waals surface area (Å²) in [7, 11) is 0. The molecule has 16 heavy (non-hydrogen) atoms. The standard InChI is InChI=1S/C10H17F3N2.ClH/c11-10(12,13)2-4-15-3-1-8-5-14-6-9(8)7-15;/h8-9,14H,1-7H2;1H. The van der Waals surface area contributed by atoms with Gasteiger partial charge in [-0.1, -0.05) is 0 Å². The minimum absolute atomic E-state index is 0. The van der Waals surface area contributed by atoms with E-state index < -0.39 is 12.6 Å². The zero-order chi connectivity index (χ0) is 10.9.